The lowest BCUT2D eigenvalue weighted by atomic mass is 10.2. The van der Waals surface area contributed by atoms with E-state index in [2.05, 4.69) is 10.2 Å². The molecule has 2 heterocycles. The first kappa shape index (κ1) is 15.4. The summed E-state index contributed by atoms with van der Waals surface area (Å²) in [6, 6.07) is 4.48. The Morgan fingerprint density at radius 2 is 1.78 bits per heavy atom. The molecule has 118 valence electrons. The zero-order valence-electron chi connectivity index (χ0n) is 11.9. The van der Waals surface area contributed by atoms with E-state index in [0.29, 0.717) is 15.3 Å². The second kappa shape index (κ2) is 5.32. The van der Waals surface area contributed by atoms with Crippen LogP contribution in [0.2, 0.25) is 10.0 Å². The Morgan fingerprint density at radius 1 is 1.09 bits per heavy atom. The van der Waals surface area contributed by atoms with Gasteiger partial charge in [0.15, 0.2) is 0 Å². The Kier molecular flexibility index (Phi) is 3.57. The number of rotatable bonds is 1. The number of halogens is 2. The first-order valence-electron chi connectivity index (χ1n) is 6.34. The lowest BCUT2D eigenvalue weighted by molar-refractivity contribution is -0.569. The highest BCUT2D eigenvalue weighted by Gasteiger charge is 2.22. The molecule has 8 nitrogen and oxygen atoms in total. The van der Waals surface area contributed by atoms with E-state index in [4.69, 9.17) is 23.2 Å². The summed E-state index contributed by atoms with van der Waals surface area (Å²) >= 11 is 11.8. The summed E-state index contributed by atoms with van der Waals surface area (Å²) in [5, 5.41) is 20.8. The summed E-state index contributed by atoms with van der Waals surface area (Å²) in [6.07, 6.45) is 0. The van der Waals surface area contributed by atoms with Crippen molar-refractivity contribution in [3.05, 3.63) is 54.3 Å². The molecule has 0 saturated carbocycles. The summed E-state index contributed by atoms with van der Waals surface area (Å²) < 4.78 is 2.25. The second-order valence-corrected chi connectivity index (χ2v) is 5.64. The van der Waals surface area contributed by atoms with Gasteiger partial charge in [-0.15, -0.1) is 0 Å². The van der Waals surface area contributed by atoms with E-state index in [1.807, 2.05) is 0 Å². The standard InChI is InChI=1S/C13H9Cl2N5O3/c1-18-11-9(12(21)19(2)13(18)22)20(23)10(16-17-11)6-3-4-7(14)8(15)5-6/h3-5H,1-2H3. The molecule has 0 radical (unpaired) electrons. The van der Waals surface area contributed by atoms with E-state index in [9.17, 15) is 14.8 Å². The van der Waals surface area contributed by atoms with E-state index in [1.54, 1.807) is 0 Å². The molecule has 0 atom stereocenters. The monoisotopic (exact) mass is 353 g/mol. The summed E-state index contributed by atoms with van der Waals surface area (Å²) in [4.78, 5) is 24.1. The first-order chi connectivity index (χ1) is 10.8. The van der Waals surface area contributed by atoms with Gasteiger partial charge in [0.25, 0.3) is 0 Å². The molecular weight excluding hydrogens is 345 g/mol. The first-order valence-corrected chi connectivity index (χ1v) is 7.10. The van der Waals surface area contributed by atoms with E-state index in [0.717, 1.165) is 9.13 Å². The fraction of sp³-hybridized carbons (Fsp3) is 0.154. The van der Waals surface area contributed by atoms with Gasteiger partial charge >= 0.3 is 17.1 Å². The van der Waals surface area contributed by atoms with Gasteiger partial charge in [0, 0.05) is 14.1 Å². The summed E-state index contributed by atoms with van der Waals surface area (Å²) in [5.41, 5.74) is -1.39. The minimum Gasteiger partial charge on any atom is -0.710 e. The van der Waals surface area contributed by atoms with Gasteiger partial charge in [-0.05, 0) is 23.3 Å². The SMILES string of the molecule is Cn1c(=O)c2c(nnc(-c3ccc(Cl)c(Cl)c3)[n+]2[O-])n(C)c1=O. The largest absolute Gasteiger partial charge is 0.710 e. The molecule has 0 aliphatic rings. The van der Waals surface area contributed by atoms with Gasteiger partial charge in [-0.1, -0.05) is 23.2 Å². The molecular formula is C13H9Cl2N5O3. The third kappa shape index (κ3) is 2.27. The van der Waals surface area contributed by atoms with Gasteiger partial charge in [0.05, 0.1) is 20.7 Å². The number of fused-ring (bicyclic) bond motifs is 1. The molecule has 10 heteroatoms. The van der Waals surface area contributed by atoms with Crippen LogP contribution in [0.3, 0.4) is 0 Å². The topological polar surface area (TPSA) is 96.7 Å². The number of aryl methyl sites for hydroxylation is 1. The van der Waals surface area contributed by atoms with Crippen molar-refractivity contribution in [1.29, 1.82) is 0 Å². The minimum absolute atomic E-state index is 0.100. The van der Waals surface area contributed by atoms with Crippen molar-refractivity contribution in [1.82, 2.24) is 19.3 Å². The van der Waals surface area contributed by atoms with Gasteiger partial charge < -0.3 is 5.21 Å². The molecule has 0 fully saturated rings. The molecule has 0 amide bonds. The average Bonchev–Trinajstić information content (AvgIpc) is 2.53. The number of aromatic nitrogens is 5. The highest BCUT2D eigenvalue weighted by Crippen LogP contribution is 2.26. The highest BCUT2D eigenvalue weighted by molar-refractivity contribution is 6.42. The maximum atomic E-state index is 12.6. The van der Waals surface area contributed by atoms with Crippen molar-refractivity contribution < 1.29 is 4.73 Å². The van der Waals surface area contributed by atoms with Gasteiger partial charge in [-0.2, -0.15) is 0 Å². The van der Waals surface area contributed by atoms with Crippen molar-refractivity contribution in [3.8, 4) is 11.4 Å². The second-order valence-electron chi connectivity index (χ2n) is 4.82. The quantitative estimate of drug-likeness (QED) is 0.472. The molecule has 3 rings (SSSR count). The Balaban J connectivity index is 2.42. The summed E-state index contributed by atoms with van der Waals surface area (Å²) in [5.74, 6) is -0.119. The van der Waals surface area contributed by atoms with Crippen LogP contribution >= 0.6 is 23.2 Å². The third-order valence-electron chi connectivity index (χ3n) is 3.42. The Morgan fingerprint density at radius 3 is 2.43 bits per heavy atom. The zero-order chi connectivity index (χ0) is 16.9. The van der Waals surface area contributed by atoms with Crippen molar-refractivity contribution in [2.75, 3.05) is 0 Å². The number of hydrogen-bond acceptors (Lipinski definition) is 5. The number of hydrogen-bond donors (Lipinski definition) is 0. The molecule has 0 N–H and O–H groups in total. The predicted molar refractivity (Wildman–Crippen MR) is 84.4 cm³/mol. The fourth-order valence-electron chi connectivity index (χ4n) is 2.16. The molecule has 0 saturated heterocycles. The van der Waals surface area contributed by atoms with Crippen molar-refractivity contribution in [2.45, 2.75) is 0 Å². The van der Waals surface area contributed by atoms with Crippen LogP contribution in [0, 0.1) is 5.21 Å². The lowest BCUT2D eigenvalue weighted by Gasteiger charge is -2.10. The molecule has 0 aliphatic carbocycles. The number of nitrogens with zero attached hydrogens (tertiary/aromatic N) is 5. The molecule has 1 aromatic carbocycles. The smallest absolute Gasteiger partial charge is 0.361 e. The van der Waals surface area contributed by atoms with Crippen LogP contribution in [-0.2, 0) is 14.1 Å². The predicted octanol–water partition coefficient (Wildman–Crippen LogP) is 0.634. The molecule has 0 spiro atoms. The van der Waals surface area contributed by atoms with Gasteiger partial charge in [0.1, 0.15) is 0 Å². The molecule has 23 heavy (non-hydrogen) atoms. The van der Waals surface area contributed by atoms with E-state index < -0.39 is 11.2 Å². The van der Waals surface area contributed by atoms with Crippen LogP contribution in [0.1, 0.15) is 0 Å². The van der Waals surface area contributed by atoms with Crippen molar-refractivity contribution >= 4 is 34.4 Å². The lowest BCUT2D eigenvalue weighted by Crippen LogP contribution is -2.45. The van der Waals surface area contributed by atoms with E-state index in [-0.39, 0.29) is 22.0 Å². The van der Waals surface area contributed by atoms with Crippen LogP contribution < -0.4 is 16.0 Å². The van der Waals surface area contributed by atoms with Crippen LogP contribution in [0.15, 0.2) is 27.8 Å². The fourth-order valence-corrected chi connectivity index (χ4v) is 2.46. The van der Waals surface area contributed by atoms with Crippen LogP contribution in [-0.4, -0.2) is 19.3 Å². The Hall–Kier alpha value is -2.45. The normalized spacial score (nSPS) is 11.1. The minimum atomic E-state index is -0.755. The average molecular weight is 354 g/mol. The van der Waals surface area contributed by atoms with Crippen molar-refractivity contribution in [2.24, 2.45) is 14.1 Å². The number of benzene rings is 1. The van der Waals surface area contributed by atoms with Gasteiger partial charge in [-0.3, -0.25) is 13.9 Å². The Bertz CT molecular complexity index is 1070. The molecule has 0 aliphatic heterocycles. The van der Waals surface area contributed by atoms with Crippen molar-refractivity contribution in [3.63, 3.8) is 0 Å². The Labute approximate surface area is 138 Å². The van der Waals surface area contributed by atoms with Crippen LogP contribution in [0.4, 0.5) is 0 Å². The van der Waals surface area contributed by atoms with Gasteiger partial charge in [0.2, 0.25) is 11.2 Å². The zero-order valence-corrected chi connectivity index (χ0v) is 13.5. The summed E-state index contributed by atoms with van der Waals surface area (Å²) in [6.45, 7) is 0. The molecule has 0 unspecified atom stereocenters. The molecule has 0 bridgehead atoms. The van der Waals surface area contributed by atoms with E-state index >= 15 is 0 Å². The maximum absolute atomic E-state index is 12.6. The highest BCUT2D eigenvalue weighted by atomic mass is 35.5. The molecule has 2 aromatic heterocycles. The summed E-state index contributed by atoms with van der Waals surface area (Å²) in [7, 11) is 2.68. The van der Waals surface area contributed by atoms with E-state index in [1.165, 1.54) is 32.3 Å². The van der Waals surface area contributed by atoms with Crippen LogP contribution in [0.25, 0.3) is 22.6 Å². The maximum Gasteiger partial charge on any atom is 0.361 e. The third-order valence-corrected chi connectivity index (χ3v) is 4.16. The molecule has 3 aromatic rings. The van der Waals surface area contributed by atoms with Crippen LogP contribution in [0.5, 0.6) is 0 Å². The van der Waals surface area contributed by atoms with Gasteiger partial charge in [-0.25, -0.2) is 9.52 Å².